The normalized spacial score (nSPS) is 11.0. The molecule has 17 heavy (non-hydrogen) atoms. The van der Waals surface area contributed by atoms with Gasteiger partial charge in [0.1, 0.15) is 0 Å². The minimum Gasteiger partial charge on any atom is -0.385 e. The first-order valence-corrected chi connectivity index (χ1v) is 6.51. The molecule has 0 bridgehead atoms. The molecule has 0 saturated carbocycles. The van der Waals surface area contributed by atoms with Crippen molar-refractivity contribution in [1.82, 2.24) is 0 Å². The second-order valence-electron chi connectivity index (χ2n) is 4.60. The molecular weight excluding hydrogens is 318 g/mol. The average molecular weight is 342 g/mol. The summed E-state index contributed by atoms with van der Waals surface area (Å²) in [5.41, 5.74) is 0.477. The maximum atomic E-state index is 10.7. The molecule has 0 spiro atoms. The van der Waals surface area contributed by atoms with Crippen molar-refractivity contribution in [3.05, 3.63) is 35.9 Å². The molecule has 0 heterocycles. The monoisotopic (exact) mass is 341 g/mol. The van der Waals surface area contributed by atoms with Crippen LogP contribution < -0.4 is 0 Å². The maximum Gasteiger partial charge on any atom is 0.0896 e. The number of benzene rings is 1. The van der Waals surface area contributed by atoms with Crippen LogP contribution >= 0.6 is 0 Å². The van der Waals surface area contributed by atoms with Gasteiger partial charge in [0, 0.05) is 24.4 Å². The predicted molar refractivity (Wildman–Crippen MR) is 75.1 cm³/mol. The zero-order chi connectivity index (χ0) is 11.9. The Balaban J connectivity index is 0.00000256. The largest absolute Gasteiger partial charge is 0.385 e. The van der Waals surface area contributed by atoms with Crippen molar-refractivity contribution >= 4 is 24.4 Å². The van der Waals surface area contributed by atoms with Crippen LogP contribution in [0.3, 0.4) is 0 Å². The van der Waals surface area contributed by atoms with Gasteiger partial charge in [0.05, 0.1) is 5.60 Å². The molecule has 0 saturated heterocycles. The van der Waals surface area contributed by atoms with Gasteiger partial charge < -0.3 is 5.11 Å². The van der Waals surface area contributed by atoms with E-state index in [1.807, 2.05) is 30.3 Å². The topological polar surface area (TPSA) is 20.2 Å². The molecule has 2 heteroatoms. The van der Waals surface area contributed by atoms with Crippen LogP contribution in [0.5, 0.6) is 0 Å². The van der Waals surface area contributed by atoms with E-state index in [0.717, 1.165) is 44.1 Å². The first-order chi connectivity index (χ1) is 7.73. The molecule has 0 aliphatic rings. The molecule has 95 valence electrons. The smallest absolute Gasteiger partial charge is 0.0896 e. The SMILES string of the molecule is CCCCC(O)(CCCC)c1ccccc1.[Sb]. The Morgan fingerprint density at radius 3 is 1.82 bits per heavy atom. The van der Waals surface area contributed by atoms with Crippen LogP contribution in [-0.2, 0) is 5.60 Å². The van der Waals surface area contributed by atoms with Crippen LogP contribution in [0.25, 0.3) is 0 Å². The van der Waals surface area contributed by atoms with Crippen LogP contribution in [0, 0.1) is 0 Å². The molecule has 1 rings (SSSR count). The summed E-state index contributed by atoms with van der Waals surface area (Å²) in [7, 11) is 0. The summed E-state index contributed by atoms with van der Waals surface area (Å²) in [6.07, 6.45) is 6.23. The predicted octanol–water partition coefficient (Wildman–Crippen LogP) is 3.87. The molecular formula is C15H24OSb. The second kappa shape index (κ2) is 9.00. The molecule has 0 atom stereocenters. The van der Waals surface area contributed by atoms with E-state index in [1.54, 1.807) is 0 Å². The third kappa shape index (κ3) is 5.44. The van der Waals surface area contributed by atoms with E-state index in [9.17, 15) is 5.11 Å². The van der Waals surface area contributed by atoms with Gasteiger partial charge in [-0.25, -0.2) is 0 Å². The Kier molecular flexibility index (Phi) is 9.00. The summed E-state index contributed by atoms with van der Waals surface area (Å²) in [5.74, 6) is 0. The first-order valence-electron chi connectivity index (χ1n) is 6.51. The van der Waals surface area contributed by atoms with Crippen LogP contribution in [0.2, 0.25) is 0 Å². The maximum absolute atomic E-state index is 10.7. The van der Waals surface area contributed by atoms with Crippen molar-refractivity contribution in [3.8, 4) is 0 Å². The summed E-state index contributed by atoms with van der Waals surface area (Å²) in [6, 6.07) is 10.1. The van der Waals surface area contributed by atoms with Crippen molar-refractivity contribution in [2.45, 2.75) is 58.0 Å². The van der Waals surface area contributed by atoms with Crippen LogP contribution in [0.4, 0.5) is 0 Å². The van der Waals surface area contributed by atoms with Crippen molar-refractivity contribution in [2.75, 3.05) is 0 Å². The molecule has 1 N–H and O–H groups in total. The minimum atomic E-state index is -0.604. The fraction of sp³-hybridized carbons (Fsp3) is 0.600. The molecule has 3 radical (unpaired) electrons. The number of unbranched alkanes of at least 4 members (excludes halogenated alkanes) is 2. The summed E-state index contributed by atoms with van der Waals surface area (Å²) >= 11 is 0. The number of rotatable bonds is 7. The van der Waals surface area contributed by atoms with E-state index in [4.69, 9.17) is 0 Å². The Morgan fingerprint density at radius 2 is 1.41 bits per heavy atom. The Labute approximate surface area is 123 Å². The van der Waals surface area contributed by atoms with E-state index >= 15 is 0 Å². The van der Waals surface area contributed by atoms with Crippen molar-refractivity contribution in [3.63, 3.8) is 0 Å². The number of hydrogen-bond acceptors (Lipinski definition) is 1. The van der Waals surface area contributed by atoms with E-state index in [2.05, 4.69) is 13.8 Å². The van der Waals surface area contributed by atoms with Gasteiger partial charge in [-0.2, -0.15) is 0 Å². The Morgan fingerprint density at radius 1 is 0.941 bits per heavy atom. The van der Waals surface area contributed by atoms with E-state index in [-0.39, 0.29) is 24.4 Å². The summed E-state index contributed by atoms with van der Waals surface area (Å²) in [5, 5.41) is 10.7. The summed E-state index contributed by atoms with van der Waals surface area (Å²) in [4.78, 5) is 0. The fourth-order valence-electron chi connectivity index (χ4n) is 2.10. The molecule has 0 aromatic heterocycles. The zero-order valence-corrected chi connectivity index (χ0v) is 13.6. The van der Waals surface area contributed by atoms with Gasteiger partial charge in [-0.1, -0.05) is 69.9 Å². The molecule has 0 aliphatic carbocycles. The minimum absolute atomic E-state index is 0. The zero-order valence-electron chi connectivity index (χ0n) is 11.0. The summed E-state index contributed by atoms with van der Waals surface area (Å²) in [6.45, 7) is 4.34. The van der Waals surface area contributed by atoms with Gasteiger partial charge in [0.15, 0.2) is 0 Å². The summed E-state index contributed by atoms with van der Waals surface area (Å²) < 4.78 is 0. The van der Waals surface area contributed by atoms with Crippen molar-refractivity contribution < 1.29 is 5.11 Å². The van der Waals surface area contributed by atoms with Gasteiger partial charge in [-0.15, -0.1) is 0 Å². The number of aliphatic hydroxyl groups is 1. The molecule has 0 unspecified atom stereocenters. The molecule has 1 aromatic carbocycles. The van der Waals surface area contributed by atoms with E-state index in [0.29, 0.717) is 0 Å². The van der Waals surface area contributed by atoms with Gasteiger partial charge in [-0.05, 0) is 18.4 Å². The average Bonchev–Trinajstić information content (AvgIpc) is 2.35. The number of hydrogen-bond donors (Lipinski definition) is 1. The van der Waals surface area contributed by atoms with Crippen molar-refractivity contribution in [2.24, 2.45) is 0 Å². The molecule has 1 nitrogen and oxygen atoms in total. The van der Waals surface area contributed by atoms with Crippen LogP contribution in [-0.4, -0.2) is 29.5 Å². The molecule has 1 aromatic rings. The van der Waals surface area contributed by atoms with E-state index < -0.39 is 5.60 Å². The third-order valence-corrected chi connectivity index (χ3v) is 3.20. The van der Waals surface area contributed by atoms with E-state index in [1.165, 1.54) is 0 Å². The van der Waals surface area contributed by atoms with Crippen LogP contribution in [0.1, 0.15) is 57.9 Å². The van der Waals surface area contributed by atoms with Crippen molar-refractivity contribution in [1.29, 1.82) is 0 Å². The quantitative estimate of drug-likeness (QED) is 0.746. The molecule has 0 aliphatic heterocycles. The second-order valence-corrected chi connectivity index (χ2v) is 4.60. The fourth-order valence-corrected chi connectivity index (χ4v) is 2.10. The van der Waals surface area contributed by atoms with Gasteiger partial charge in [-0.3, -0.25) is 0 Å². The first kappa shape index (κ1) is 17.0. The molecule has 0 fully saturated rings. The van der Waals surface area contributed by atoms with Gasteiger partial charge in [0.2, 0.25) is 0 Å². The van der Waals surface area contributed by atoms with Gasteiger partial charge >= 0.3 is 0 Å². The third-order valence-electron chi connectivity index (χ3n) is 3.20. The van der Waals surface area contributed by atoms with Crippen LogP contribution in [0.15, 0.2) is 30.3 Å². The Hall–Kier alpha value is -0.00182. The van der Waals surface area contributed by atoms with Gasteiger partial charge in [0.25, 0.3) is 0 Å². The Bertz CT molecular complexity index is 276. The standard InChI is InChI=1S/C15H24O.Sb/c1-3-5-12-15(16,13-6-4-2)14-10-8-7-9-11-14;/h7-11,16H,3-6,12-13H2,1-2H3;. The molecule has 0 amide bonds.